The third kappa shape index (κ3) is 2.42. The van der Waals surface area contributed by atoms with Gasteiger partial charge in [-0.3, -0.25) is 9.59 Å². The minimum atomic E-state index is -1.11. The quantitative estimate of drug-likeness (QED) is 0.615. The van der Waals surface area contributed by atoms with E-state index in [4.69, 9.17) is 10.8 Å². The smallest absolute Gasteiger partial charge is 0.335 e. The summed E-state index contributed by atoms with van der Waals surface area (Å²) < 4.78 is 4.62. The zero-order chi connectivity index (χ0) is 14.9. The van der Waals surface area contributed by atoms with Crippen molar-refractivity contribution in [2.24, 2.45) is 5.92 Å². The molecule has 0 saturated carbocycles. The normalized spacial score (nSPS) is 18.1. The van der Waals surface area contributed by atoms with E-state index in [1.165, 1.54) is 30.2 Å². The molecule has 0 bridgehead atoms. The molecule has 1 aliphatic heterocycles. The van der Waals surface area contributed by atoms with Crippen LogP contribution in [0.1, 0.15) is 16.8 Å². The lowest BCUT2D eigenvalue weighted by Crippen LogP contribution is -2.27. The van der Waals surface area contributed by atoms with E-state index in [1.54, 1.807) is 0 Å². The van der Waals surface area contributed by atoms with Crippen LogP contribution >= 0.6 is 0 Å². The van der Waals surface area contributed by atoms with Crippen LogP contribution in [0.2, 0.25) is 0 Å². The Morgan fingerprint density at radius 2 is 2.15 bits per heavy atom. The number of nitrogen functional groups attached to an aromatic ring is 1. The van der Waals surface area contributed by atoms with Crippen LogP contribution in [0.4, 0.5) is 11.4 Å². The van der Waals surface area contributed by atoms with Crippen LogP contribution in [-0.2, 0) is 14.3 Å². The number of rotatable bonds is 3. The first-order valence-corrected chi connectivity index (χ1v) is 5.95. The summed E-state index contributed by atoms with van der Waals surface area (Å²) in [5.41, 5.74) is 6.41. The molecule has 1 saturated heterocycles. The van der Waals surface area contributed by atoms with E-state index in [0.717, 1.165) is 0 Å². The van der Waals surface area contributed by atoms with E-state index in [2.05, 4.69) is 4.74 Å². The van der Waals surface area contributed by atoms with Crippen molar-refractivity contribution in [3.05, 3.63) is 23.8 Å². The average molecular weight is 278 g/mol. The molecule has 3 N–H and O–H groups in total. The van der Waals surface area contributed by atoms with E-state index in [9.17, 15) is 14.4 Å². The lowest BCUT2D eigenvalue weighted by Gasteiger charge is -2.19. The van der Waals surface area contributed by atoms with Crippen molar-refractivity contribution in [1.29, 1.82) is 0 Å². The molecular weight excluding hydrogens is 264 g/mol. The van der Waals surface area contributed by atoms with E-state index in [-0.39, 0.29) is 30.1 Å². The van der Waals surface area contributed by atoms with Gasteiger partial charge in [-0.05, 0) is 18.2 Å². The molecule has 1 aliphatic rings. The molecule has 1 aromatic rings. The molecule has 0 aromatic heterocycles. The highest BCUT2D eigenvalue weighted by molar-refractivity contribution is 6.02. The van der Waals surface area contributed by atoms with Gasteiger partial charge in [0.25, 0.3) is 0 Å². The monoisotopic (exact) mass is 278 g/mol. The number of benzene rings is 1. The zero-order valence-electron chi connectivity index (χ0n) is 10.8. The van der Waals surface area contributed by atoms with E-state index in [0.29, 0.717) is 5.69 Å². The van der Waals surface area contributed by atoms with Crippen LogP contribution in [0.15, 0.2) is 18.2 Å². The molecule has 0 radical (unpaired) electrons. The minimum Gasteiger partial charge on any atom is -0.478 e. The maximum Gasteiger partial charge on any atom is 0.335 e. The third-order valence-electron chi connectivity index (χ3n) is 3.23. The predicted molar refractivity (Wildman–Crippen MR) is 70.3 cm³/mol. The fraction of sp³-hybridized carbons (Fsp3) is 0.308. The first-order chi connectivity index (χ1) is 9.43. The van der Waals surface area contributed by atoms with Gasteiger partial charge in [0, 0.05) is 13.0 Å². The highest BCUT2D eigenvalue weighted by Crippen LogP contribution is 2.31. The molecule has 1 aromatic carbocycles. The Kier molecular flexibility index (Phi) is 3.60. The van der Waals surface area contributed by atoms with Gasteiger partial charge in [-0.2, -0.15) is 0 Å². The summed E-state index contributed by atoms with van der Waals surface area (Å²) in [5.74, 6) is -2.41. The van der Waals surface area contributed by atoms with Crippen molar-refractivity contribution in [1.82, 2.24) is 0 Å². The standard InChI is InChI=1S/C13H14N2O5/c1-20-13(19)8-5-11(16)15(6-8)10-4-7(12(17)18)2-3-9(10)14/h2-4,8H,5-6,14H2,1H3,(H,17,18). The SMILES string of the molecule is COC(=O)C1CC(=O)N(c2cc(C(=O)O)ccc2N)C1. The summed E-state index contributed by atoms with van der Waals surface area (Å²) in [4.78, 5) is 35.7. The molecule has 1 unspecified atom stereocenters. The van der Waals surface area contributed by atoms with Crippen LogP contribution < -0.4 is 10.6 Å². The van der Waals surface area contributed by atoms with Crippen molar-refractivity contribution in [2.45, 2.75) is 6.42 Å². The Morgan fingerprint density at radius 3 is 2.75 bits per heavy atom. The largest absolute Gasteiger partial charge is 0.478 e. The molecule has 7 heteroatoms. The molecule has 1 amide bonds. The summed E-state index contributed by atoms with van der Waals surface area (Å²) in [6.45, 7) is 0.138. The number of carbonyl (C=O) groups is 3. The summed E-state index contributed by atoms with van der Waals surface area (Å²) in [6.07, 6.45) is 0.0312. The van der Waals surface area contributed by atoms with Gasteiger partial charge in [-0.1, -0.05) is 0 Å². The molecule has 106 valence electrons. The van der Waals surface area contributed by atoms with Crippen molar-refractivity contribution >= 4 is 29.2 Å². The van der Waals surface area contributed by atoms with Gasteiger partial charge in [0.1, 0.15) is 0 Å². The van der Waals surface area contributed by atoms with Crippen molar-refractivity contribution in [3.63, 3.8) is 0 Å². The van der Waals surface area contributed by atoms with E-state index < -0.39 is 17.9 Å². The number of nitrogens with zero attached hydrogens (tertiary/aromatic N) is 1. The average Bonchev–Trinajstić information content (AvgIpc) is 2.80. The number of amides is 1. The number of hydrogen-bond acceptors (Lipinski definition) is 5. The van der Waals surface area contributed by atoms with Crippen molar-refractivity contribution in [3.8, 4) is 0 Å². The Balaban J connectivity index is 2.32. The fourth-order valence-electron chi connectivity index (χ4n) is 2.18. The van der Waals surface area contributed by atoms with Crippen molar-refractivity contribution in [2.75, 3.05) is 24.3 Å². The maximum absolute atomic E-state index is 12.0. The van der Waals surface area contributed by atoms with Gasteiger partial charge in [0.2, 0.25) is 5.91 Å². The number of methoxy groups -OCH3 is 1. The summed E-state index contributed by atoms with van der Waals surface area (Å²) in [5, 5.41) is 8.97. The Bertz CT molecular complexity index is 584. The van der Waals surface area contributed by atoms with Crippen LogP contribution in [0.25, 0.3) is 0 Å². The molecule has 2 rings (SSSR count). The second-order valence-electron chi connectivity index (χ2n) is 4.51. The molecular formula is C13H14N2O5. The Labute approximate surface area is 114 Å². The van der Waals surface area contributed by atoms with Crippen LogP contribution in [0, 0.1) is 5.92 Å². The van der Waals surface area contributed by atoms with Gasteiger partial charge in [0.05, 0.1) is 30.0 Å². The fourth-order valence-corrected chi connectivity index (χ4v) is 2.18. The van der Waals surface area contributed by atoms with Crippen LogP contribution in [0.5, 0.6) is 0 Å². The van der Waals surface area contributed by atoms with E-state index >= 15 is 0 Å². The minimum absolute atomic E-state index is 0.0310. The lowest BCUT2D eigenvalue weighted by atomic mass is 10.1. The highest BCUT2D eigenvalue weighted by Gasteiger charge is 2.36. The molecule has 0 spiro atoms. The Hall–Kier alpha value is -2.57. The Morgan fingerprint density at radius 1 is 1.45 bits per heavy atom. The predicted octanol–water partition coefficient (Wildman–Crippen LogP) is 0.493. The number of carbonyl (C=O) groups excluding carboxylic acids is 2. The molecule has 1 atom stereocenters. The van der Waals surface area contributed by atoms with Gasteiger partial charge >= 0.3 is 11.9 Å². The van der Waals surface area contributed by atoms with Gasteiger partial charge in [0.15, 0.2) is 0 Å². The number of hydrogen-bond donors (Lipinski definition) is 2. The summed E-state index contributed by atoms with van der Waals surface area (Å²) in [6, 6.07) is 4.12. The first-order valence-electron chi connectivity index (χ1n) is 5.95. The lowest BCUT2D eigenvalue weighted by molar-refractivity contribution is -0.145. The molecule has 0 aliphatic carbocycles. The van der Waals surface area contributed by atoms with Crippen LogP contribution in [-0.4, -0.2) is 36.6 Å². The number of carboxylic acids is 1. The number of nitrogens with two attached hydrogens (primary N) is 1. The third-order valence-corrected chi connectivity index (χ3v) is 3.23. The number of esters is 1. The topological polar surface area (TPSA) is 110 Å². The number of anilines is 2. The highest BCUT2D eigenvalue weighted by atomic mass is 16.5. The summed E-state index contributed by atoms with van der Waals surface area (Å²) >= 11 is 0. The van der Waals surface area contributed by atoms with Crippen LogP contribution in [0.3, 0.4) is 0 Å². The van der Waals surface area contributed by atoms with Gasteiger partial charge < -0.3 is 20.5 Å². The first kappa shape index (κ1) is 13.9. The number of aromatic carboxylic acids is 1. The van der Waals surface area contributed by atoms with Crippen molar-refractivity contribution < 1.29 is 24.2 Å². The van der Waals surface area contributed by atoms with Gasteiger partial charge in [-0.15, -0.1) is 0 Å². The maximum atomic E-state index is 12.0. The van der Waals surface area contributed by atoms with Gasteiger partial charge in [-0.25, -0.2) is 4.79 Å². The molecule has 20 heavy (non-hydrogen) atoms. The van der Waals surface area contributed by atoms with E-state index in [1.807, 2.05) is 0 Å². The zero-order valence-corrected chi connectivity index (χ0v) is 10.8. The molecule has 1 heterocycles. The summed E-state index contributed by atoms with van der Waals surface area (Å²) in [7, 11) is 1.26. The number of ether oxygens (including phenoxy) is 1. The molecule has 7 nitrogen and oxygen atoms in total. The molecule has 1 fully saturated rings. The number of carboxylic acid groups (broad SMARTS) is 1. The second-order valence-corrected chi connectivity index (χ2v) is 4.51. The second kappa shape index (κ2) is 5.20.